The highest BCUT2D eigenvalue weighted by Crippen LogP contribution is 2.14. The van der Waals surface area contributed by atoms with Crippen LogP contribution in [0.1, 0.15) is 46.4 Å². The molecule has 30 heavy (non-hydrogen) atoms. The number of hydrogen-bond donors (Lipinski definition) is 0. The molecule has 0 spiro atoms. The van der Waals surface area contributed by atoms with Gasteiger partial charge in [0.1, 0.15) is 5.75 Å². The standard InChI is InChI=1S/C23H24O7/c1-2-21(24)28-17-9-4-3-8-16-27-20-14-12-19(13-15-20)23(26)30-29-22(25)18-10-6-5-7-11-18/h2,5-7,10-15H,1,3-4,8-9,16-17H2. The molecular formula is C23H24O7. The van der Waals surface area contributed by atoms with Crippen molar-refractivity contribution in [1.82, 2.24) is 0 Å². The summed E-state index contributed by atoms with van der Waals surface area (Å²) in [6, 6.07) is 14.6. The van der Waals surface area contributed by atoms with Crippen LogP contribution in [-0.4, -0.2) is 31.1 Å². The second kappa shape index (κ2) is 12.8. The van der Waals surface area contributed by atoms with Crippen molar-refractivity contribution in [3.8, 4) is 5.75 Å². The van der Waals surface area contributed by atoms with Crippen LogP contribution in [0.15, 0.2) is 67.3 Å². The molecule has 0 radical (unpaired) electrons. The first-order valence-electron chi connectivity index (χ1n) is 9.60. The molecule has 0 aliphatic carbocycles. The highest BCUT2D eigenvalue weighted by Gasteiger charge is 2.13. The summed E-state index contributed by atoms with van der Waals surface area (Å²) in [4.78, 5) is 43.8. The van der Waals surface area contributed by atoms with Gasteiger partial charge in [0.15, 0.2) is 0 Å². The molecule has 158 valence electrons. The predicted molar refractivity (Wildman–Crippen MR) is 109 cm³/mol. The van der Waals surface area contributed by atoms with Crippen molar-refractivity contribution in [3.05, 3.63) is 78.4 Å². The van der Waals surface area contributed by atoms with Crippen LogP contribution in [0.3, 0.4) is 0 Å². The van der Waals surface area contributed by atoms with Crippen molar-refractivity contribution >= 4 is 17.9 Å². The zero-order valence-electron chi connectivity index (χ0n) is 16.6. The highest BCUT2D eigenvalue weighted by molar-refractivity contribution is 5.92. The quantitative estimate of drug-likeness (QED) is 0.179. The van der Waals surface area contributed by atoms with Gasteiger partial charge in [0.25, 0.3) is 0 Å². The molecule has 0 aliphatic heterocycles. The molecule has 0 amide bonds. The molecule has 7 nitrogen and oxygen atoms in total. The van der Waals surface area contributed by atoms with E-state index in [1.165, 1.54) is 12.1 Å². The third kappa shape index (κ3) is 8.18. The van der Waals surface area contributed by atoms with Gasteiger partial charge in [-0.3, -0.25) is 0 Å². The van der Waals surface area contributed by atoms with E-state index < -0.39 is 17.9 Å². The van der Waals surface area contributed by atoms with E-state index in [4.69, 9.17) is 9.47 Å². The van der Waals surface area contributed by atoms with Crippen LogP contribution in [0.25, 0.3) is 0 Å². The Morgan fingerprint density at radius 3 is 1.90 bits per heavy atom. The van der Waals surface area contributed by atoms with Crippen LogP contribution in [0, 0.1) is 0 Å². The average Bonchev–Trinajstić information content (AvgIpc) is 2.79. The molecule has 2 aromatic rings. The van der Waals surface area contributed by atoms with Gasteiger partial charge in [0, 0.05) is 6.08 Å². The second-order valence-electron chi connectivity index (χ2n) is 6.27. The number of benzene rings is 2. The largest absolute Gasteiger partial charge is 0.494 e. The van der Waals surface area contributed by atoms with Gasteiger partial charge in [-0.25, -0.2) is 24.2 Å². The van der Waals surface area contributed by atoms with Crippen LogP contribution < -0.4 is 4.74 Å². The van der Waals surface area contributed by atoms with Crippen molar-refractivity contribution in [2.24, 2.45) is 0 Å². The average molecular weight is 412 g/mol. The van der Waals surface area contributed by atoms with Gasteiger partial charge in [-0.05, 0) is 62.1 Å². The second-order valence-corrected chi connectivity index (χ2v) is 6.27. The summed E-state index contributed by atoms with van der Waals surface area (Å²) in [7, 11) is 0. The van der Waals surface area contributed by atoms with Crippen molar-refractivity contribution in [3.63, 3.8) is 0 Å². The molecule has 0 saturated heterocycles. The van der Waals surface area contributed by atoms with E-state index in [9.17, 15) is 14.4 Å². The minimum atomic E-state index is -0.775. The molecular weight excluding hydrogens is 388 g/mol. The number of carbonyl (C=O) groups excluding carboxylic acids is 3. The smallest absolute Gasteiger partial charge is 0.386 e. The van der Waals surface area contributed by atoms with E-state index >= 15 is 0 Å². The van der Waals surface area contributed by atoms with E-state index in [-0.39, 0.29) is 11.1 Å². The van der Waals surface area contributed by atoms with Gasteiger partial charge in [-0.15, -0.1) is 0 Å². The summed E-state index contributed by atoms with van der Waals surface area (Å²) >= 11 is 0. The first kappa shape index (κ1) is 22.7. The lowest BCUT2D eigenvalue weighted by Crippen LogP contribution is -2.11. The SMILES string of the molecule is C=CC(=O)OCCCCCCOc1ccc(C(=O)OOC(=O)c2ccccc2)cc1. The number of rotatable bonds is 11. The van der Waals surface area contributed by atoms with Gasteiger partial charge in [-0.2, -0.15) is 0 Å². The Hall–Kier alpha value is -3.61. The Morgan fingerprint density at radius 2 is 1.30 bits per heavy atom. The van der Waals surface area contributed by atoms with E-state index in [0.29, 0.717) is 19.0 Å². The fraction of sp³-hybridized carbons (Fsp3) is 0.261. The summed E-state index contributed by atoms with van der Waals surface area (Å²) in [5.41, 5.74) is 0.518. The first-order valence-corrected chi connectivity index (χ1v) is 9.60. The van der Waals surface area contributed by atoms with Crippen LogP contribution in [0.4, 0.5) is 0 Å². The lowest BCUT2D eigenvalue weighted by Gasteiger charge is -2.07. The van der Waals surface area contributed by atoms with Gasteiger partial charge >= 0.3 is 17.9 Å². The maximum Gasteiger partial charge on any atom is 0.386 e. The van der Waals surface area contributed by atoms with Crippen LogP contribution in [0.2, 0.25) is 0 Å². The van der Waals surface area contributed by atoms with E-state index in [0.717, 1.165) is 31.8 Å². The van der Waals surface area contributed by atoms with Gasteiger partial charge in [-0.1, -0.05) is 24.8 Å². The Kier molecular flexibility index (Phi) is 9.65. The molecule has 2 aromatic carbocycles. The molecule has 0 saturated carbocycles. The summed E-state index contributed by atoms with van der Waals surface area (Å²) in [6.07, 6.45) is 4.68. The van der Waals surface area contributed by atoms with E-state index in [2.05, 4.69) is 16.4 Å². The van der Waals surface area contributed by atoms with Gasteiger partial charge < -0.3 is 9.47 Å². The summed E-state index contributed by atoms with van der Waals surface area (Å²) in [5, 5.41) is 0. The summed E-state index contributed by atoms with van der Waals surface area (Å²) < 4.78 is 10.5. The molecule has 0 aliphatic rings. The Morgan fingerprint density at radius 1 is 0.733 bits per heavy atom. The molecule has 0 N–H and O–H groups in total. The third-order valence-corrected chi connectivity index (χ3v) is 4.01. The first-order chi connectivity index (χ1) is 14.6. The van der Waals surface area contributed by atoms with Crippen LogP contribution in [0.5, 0.6) is 5.75 Å². The van der Waals surface area contributed by atoms with Crippen molar-refractivity contribution in [1.29, 1.82) is 0 Å². The molecule has 0 aromatic heterocycles. The van der Waals surface area contributed by atoms with E-state index in [1.807, 2.05) is 0 Å². The zero-order chi connectivity index (χ0) is 21.6. The molecule has 0 heterocycles. The fourth-order valence-electron chi connectivity index (χ4n) is 2.41. The Balaban J connectivity index is 1.62. The van der Waals surface area contributed by atoms with Crippen molar-refractivity contribution < 1.29 is 33.6 Å². The summed E-state index contributed by atoms with van der Waals surface area (Å²) in [5.74, 6) is -1.31. The minimum Gasteiger partial charge on any atom is -0.494 e. The number of esters is 1. The number of ether oxygens (including phenoxy) is 2. The normalized spacial score (nSPS) is 10.0. The molecule has 2 rings (SSSR count). The van der Waals surface area contributed by atoms with Gasteiger partial charge in [0.2, 0.25) is 0 Å². The fourth-order valence-corrected chi connectivity index (χ4v) is 2.41. The molecule has 0 atom stereocenters. The maximum atomic E-state index is 12.0. The van der Waals surface area contributed by atoms with Crippen LogP contribution >= 0.6 is 0 Å². The number of unbranched alkanes of at least 4 members (excludes halogenated alkanes) is 3. The van der Waals surface area contributed by atoms with Gasteiger partial charge in [0.05, 0.1) is 24.3 Å². The topological polar surface area (TPSA) is 88.1 Å². The zero-order valence-corrected chi connectivity index (χ0v) is 16.6. The summed E-state index contributed by atoms with van der Waals surface area (Å²) in [6.45, 7) is 4.26. The molecule has 0 bridgehead atoms. The highest BCUT2D eigenvalue weighted by atomic mass is 17.2. The maximum absolute atomic E-state index is 12.0. The van der Waals surface area contributed by atoms with E-state index in [1.54, 1.807) is 42.5 Å². The Labute approximate surface area is 175 Å². The molecule has 7 heteroatoms. The lowest BCUT2D eigenvalue weighted by atomic mass is 10.2. The minimum absolute atomic E-state index is 0.234. The Bertz CT molecular complexity index is 828. The number of carbonyl (C=O) groups is 3. The number of hydrogen-bond acceptors (Lipinski definition) is 7. The lowest BCUT2D eigenvalue weighted by molar-refractivity contribution is -0.187. The predicted octanol–water partition coefficient (Wildman–Crippen LogP) is 4.28. The van der Waals surface area contributed by atoms with Crippen molar-refractivity contribution in [2.45, 2.75) is 25.7 Å². The van der Waals surface area contributed by atoms with Crippen molar-refractivity contribution in [2.75, 3.05) is 13.2 Å². The molecule has 0 fully saturated rings. The van der Waals surface area contributed by atoms with Crippen LogP contribution in [-0.2, 0) is 19.3 Å². The monoisotopic (exact) mass is 412 g/mol. The third-order valence-electron chi connectivity index (χ3n) is 4.01. The molecule has 0 unspecified atom stereocenters.